The number of aromatic nitrogens is 2. The average molecular weight is 422 g/mol. The van der Waals surface area contributed by atoms with E-state index in [-0.39, 0.29) is 6.10 Å². The van der Waals surface area contributed by atoms with E-state index in [1.807, 2.05) is 25.2 Å². The quantitative estimate of drug-likeness (QED) is 0.596. The lowest BCUT2D eigenvalue weighted by Gasteiger charge is -2.19. The number of rotatable bonds is 8. The standard InChI is InChI=1S/C20H28BrN3O2/c1-7-13(8-2)26-17-11-15(21)18(24-19(17)22-5)14-9-10-16(12(3)4)23-20(14)25-6/h9-13H,7-8H2,1-6H3,(H,22,24). The van der Waals surface area contributed by atoms with E-state index in [0.717, 1.165) is 40.0 Å². The third-order valence-electron chi connectivity index (χ3n) is 4.30. The molecule has 0 saturated carbocycles. The van der Waals surface area contributed by atoms with Crippen LogP contribution in [0.5, 0.6) is 11.6 Å². The van der Waals surface area contributed by atoms with Gasteiger partial charge in [-0.2, -0.15) is 0 Å². The molecule has 0 fully saturated rings. The van der Waals surface area contributed by atoms with Gasteiger partial charge >= 0.3 is 0 Å². The molecule has 1 N–H and O–H groups in total. The number of nitrogens with zero attached hydrogens (tertiary/aromatic N) is 2. The van der Waals surface area contributed by atoms with Crippen LogP contribution < -0.4 is 14.8 Å². The van der Waals surface area contributed by atoms with Crippen molar-refractivity contribution in [2.24, 2.45) is 0 Å². The molecular formula is C20H28BrN3O2. The molecule has 0 aliphatic rings. The minimum Gasteiger partial charge on any atom is -0.487 e. The van der Waals surface area contributed by atoms with Crippen molar-refractivity contribution in [2.75, 3.05) is 19.5 Å². The summed E-state index contributed by atoms with van der Waals surface area (Å²) in [5.41, 5.74) is 2.60. The van der Waals surface area contributed by atoms with E-state index in [4.69, 9.17) is 14.5 Å². The molecule has 0 unspecified atom stereocenters. The van der Waals surface area contributed by atoms with E-state index in [9.17, 15) is 0 Å². The van der Waals surface area contributed by atoms with Crippen LogP contribution in [-0.4, -0.2) is 30.2 Å². The first kappa shape index (κ1) is 20.5. The van der Waals surface area contributed by atoms with E-state index < -0.39 is 0 Å². The van der Waals surface area contributed by atoms with Crippen LogP contribution in [-0.2, 0) is 0 Å². The highest BCUT2D eigenvalue weighted by molar-refractivity contribution is 9.10. The summed E-state index contributed by atoms with van der Waals surface area (Å²) in [6.07, 6.45) is 2.07. The first-order valence-electron chi connectivity index (χ1n) is 9.05. The van der Waals surface area contributed by atoms with Gasteiger partial charge in [-0.05, 0) is 46.8 Å². The molecule has 5 nitrogen and oxygen atoms in total. The van der Waals surface area contributed by atoms with Gasteiger partial charge in [-0.3, -0.25) is 0 Å². The lowest BCUT2D eigenvalue weighted by molar-refractivity contribution is 0.193. The molecule has 2 heterocycles. The van der Waals surface area contributed by atoms with Crippen molar-refractivity contribution < 1.29 is 9.47 Å². The molecule has 0 aliphatic carbocycles. The maximum Gasteiger partial charge on any atom is 0.222 e. The molecule has 0 spiro atoms. The highest BCUT2D eigenvalue weighted by Gasteiger charge is 2.19. The van der Waals surface area contributed by atoms with E-state index in [1.54, 1.807) is 7.11 Å². The van der Waals surface area contributed by atoms with Gasteiger partial charge in [0.25, 0.3) is 0 Å². The summed E-state index contributed by atoms with van der Waals surface area (Å²) >= 11 is 3.64. The van der Waals surface area contributed by atoms with Crippen LogP contribution in [0.2, 0.25) is 0 Å². The number of nitrogens with one attached hydrogen (secondary N) is 1. The predicted molar refractivity (Wildman–Crippen MR) is 110 cm³/mol. The van der Waals surface area contributed by atoms with Gasteiger partial charge in [-0.25, -0.2) is 9.97 Å². The number of ether oxygens (including phenoxy) is 2. The Kier molecular flexibility index (Phi) is 7.26. The minimum atomic E-state index is 0.170. The van der Waals surface area contributed by atoms with Gasteiger partial charge in [0.2, 0.25) is 5.88 Å². The van der Waals surface area contributed by atoms with Crippen molar-refractivity contribution in [3.05, 3.63) is 28.4 Å². The number of anilines is 1. The molecule has 0 atom stereocenters. The van der Waals surface area contributed by atoms with Crippen molar-refractivity contribution >= 4 is 21.7 Å². The molecule has 2 aromatic rings. The highest BCUT2D eigenvalue weighted by atomic mass is 79.9. The van der Waals surface area contributed by atoms with Crippen LogP contribution in [0.1, 0.15) is 52.1 Å². The van der Waals surface area contributed by atoms with Crippen molar-refractivity contribution in [1.29, 1.82) is 0 Å². The van der Waals surface area contributed by atoms with E-state index >= 15 is 0 Å². The third-order valence-corrected chi connectivity index (χ3v) is 4.91. The van der Waals surface area contributed by atoms with Crippen molar-refractivity contribution in [2.45, 2.75) is 52.6 Å². The largest absolute Gasteiger partial charge is 0.487 e. The molecule has 0 saturated heterocycles. The number of hydrogen-bond donors (Lipinski definition) is 1. The van der Waals surface area contributed by atoms with Gasteiger partial charge in [-0.15, -0.1) is 0 Å². The summed E-state index contributed by atoms with van der Waals surface area (Å²) in [5.74, 6) is 2.34. The second-order valence-electron chi connectivity index (χ2n) is 6.42. The van der Waals surface area contributed by atoms with Crippen LogP contribution in [0.25, 0.3) is 11.3 Å². The monoisotopic (exact) mass is 421 g/mol. The Hall–Kier alpha value is -1.82. The number of methoxy groups -OCH3 is 1. The van der Waals surface area contributed by atoms with E-state index in [1.165, 1.54) is 0 Å². The molecule has 0 radical (unpaired) electrons. The molecule has 2 aromatic heterocycles. The lowest BCUT2D eigenvalue weighted by Crippen LogP contribution is -2.15. The zero-order chi connectivity index (χ0) is 19.3. The van der Waals surface area contributed by atoms with Crippen molar-refractivity contribution in [3.8, 4) is 22.9 Å². The first-order chi connectivity index (χ1) is 12.4. The molecule has 142 valence electrons. The third kappa shape index (κ3) is 4.47. The average Bonchev–Trinajstić information content (AvgIpc) is 2.65. The van der Waals surface area contributed by atoms with E-state index in [0.29, 0.717) is 17.6 Å². The zero-order valence-corrected chi connectivity index (χ0v) is 18.0. The molecule has 2 rings (SSSR count). The van der Waals surface area contributed by atoms with Crippen molar-refractivity contribution in [1.82, 2.24) is 9.97 Å². The Morgan fingerprint density at radius 2 is 1.85 bits per heavy atom. The summed E-state index contributed by atoms with van der Waals surface area (Å²) < 4.78 is 12.5. The highest BCUT2D eigenvalue weighted by Crippen LogP contribution is 2.38. The number of hydrogen-bond acceptors (Lipinski definition) is 5. The summed E-state index contributed by atoms with van der Waals surface area (Å²) in [6, 6.07) is 5.99. The van der Waals surface area contributed by atoms with Crippen LogP contribution >= 0.6 is 15.9 Å². The van der Waals surface area contributed by atoms with Gasteiger partial charge in [0.15, 0.2) is 11.6 Å². The SMILES string of the molecule is CCC(CC)Oc1cc(Br)c(-c2ccc(C(C)C)nc2OC)nc1NC. The number of halogens is 1. The van der Waals surface area contributed by atoms with E-state index in [2.05, 4.69) is 53.9 Å². The fraction of sp³-hybridized carbons (Fsp3) is 0.500. The molecule has 0 aromatic carbocycles. The van der Waals surface area contributed by atoms with Gasteiger partial charge in [0.05, 0.1) is 24.5 Å². The summed E-state index contributed by atoms with van der Waals surface area (Å²) in [7, 11) is 3.48. The molecule has 26 heavy (non-hydrogen) atoms. The zero-order valence-electron chi connectivity index (χ0n) is 16.4. The van der Waals surface area contributed by atoms with Gasteiger partial charge < -0.3 is 14.8 Å². The van der Waals surface area contributed by atoms with Gasteiger partial charge in [0.1, 0.15) is 0 Å². The lowest BCUT2D eigenvalue weighted by atomic mass is 10.1. The molecule has 0 bridgehead atoms. The molecule has 0 amide bonds. The Bertz CT molecular complexity index is 746. The minimum absolute atomic E-state index is 0.170. The van der Waals surface area contributed by atoms with Gasteiger partial charge in [-0.1, -0.05) is 27.7 Å². The maximum absolute atomic E-state index is 6.11. The maximum atomic E-state index is 6.11. The Morgan fingerprint density at radius 1 is 1.15 bits per heavy atom. The van der Waals surface area contributed by atoms with Crippen LogP contribution in [0, 0.1) is 0 Å². The van der Waals surface area contributed by atoms with Gasteiger partial charge in [0, 0.05) is 23.3 Å². The Balaban J connectivity index is 2.51. The topological polar surface area (TPSA) is 56.3 Å². The van der Waals surface area contributed by atoms with Crippen molar-refractivity contribution in [3.63, 3.8) is 0 Å². The fourth-order valence-electron chi connectivity index (χ4n) is 2.68. The molecular weight excluding hydrogens is 394 g/mol. The predicted octanol–water partition coefficient (Wildman–Crippen LogP) is 5.65. The fourth-order valence-corrected chi connectivity index (χ4v) is 3.19. The normalized spacial score (nSPS) is 11.1. The second-order valence-corrected chi connectivity index (χ2v) is 7.27. The Labute approximate surface area is 164 Å². The molecule has 0 aliphatic heterocycles. The second kappa shape index (κ2) is 9.21. The smallest absolute Gasteiger partial charge is 0.222 e. The number of pyridine rings is 2. The molecule has 6 heteroatoms. The van der Waals surface area contributed by atoms with Crippen LogP contribution in [0.3, 0.4) is 0 Å². The first-order valence-corrected chi connectivity index (χ1v) is 9.84. The Morgan fingerprint density at radius 3 is 2.38 bits per heavy atom. The summed E-state index contributed by atoms with van der Waals surface area (Å²) in [4.78, 5) is 9.39. The summed E-state index contributed by atoms with van der Waals surface area (Å²) in [6.45, 7) is 8.46. The van der Waals surface area contributed by atoms with Crippen LogP contribution in [0.4, 0.5) is 5.82 Å². The van der Waals surface area contributed by atoms with Crippen LogP contribution in [0.15, 0.2) is 22.7 Å². The summed E-state index contributed by atoms with van der Waals surface area (Å²) in [5, 5.41) is 3.14.